The zero-order valence-electron chi connectivity index (χ0n) is 18.1. The number of para-hydroxylation sites is 1. The minimum atomic E-state index is -5.06. The summed E-state index contributed by atoms with van der Waals surface area (Å²) in [5, 5.41) is 11.0. The maximum Gasteiger partial charge on any atom is 0.422 e. The highest BCUT2D eigenvalue weighted by Crippen LogP contribution is 2.47. The number of hydrogen-bond donors (Lipinski definition) is 1. The third kappa shape index (κ3) is 4.35. The van der Waals surface area contributed by atoms with Crippen molar-refractivity contribution in [1.29, 1.82) is 0 Å². The first kappa shape index (κ1) is 22.9. The Morgan fingerprint density at radius 2 is 1.94 bits per heavy atom. The van der Waals surface area contributed by atoms with Crippen molar-refractivity contribution in [2.24, 2.45) is 4.99 Å². The molecular weight excluding hydrogens is 442 g/mol. The molecule has 1 atom stereocenters. The molecule has 0 radical (unpaired) electrons. The van der Waals surface area contributed by atoms with Gasteiger partial charge >= 0.3 is 6.18 Å². The normalized spacial score (nSPS) is 15.9. The number of benzene rings is 2. The number of aromatic nitrogens is 2. The van der Waals surface area contributed by atoms with Gasteiger partial charge in [0.1, 0.15) is 11.6 Å². The van der Waals surface area contributed by atoms with Crippen molar-refractivity contribution in [3.8, 4) is 11.5 Å². The van der Waals surface area contributed by atoms with E-state index in [0.29, 0.717) is 29.1 Å². The number of ether oxygens (including phenoxy) is 2. The molecule has 1 unspecified atom stereocenters. The molecule has 2 heterocycles. The minimum Gasteiger partial charge on any atom is -0.454 e. The molecule has 33 heavy (non-hydrogen) atoms. The summed E-state index contributed by atoms with van der Waals surface area (Å²) in [4.78, 5) is 11.9. The summed E-state index contributed by atoms with van der Waals surface area (Å²) in [6, 6.07) is 7.03. The molecule has 0 amide bonds. The van der Waals surface area contributed by atoms with Crippen molar-refractivity contribution in [3.05, 3.63) is 53.7 Å². The lowest BCUT2D eigenvalue weighted by molar-refractivity contribution is -0.234. The monoisotopic (exact) mass is 463 g/mol. The Labute approximate surface area is 186 Å². The summed E-state index contributed by atoms with van der Waals surface area (Å²) in [7, 11) is 0. The second-order valence-electron chi connectivity index (χ2n) is 8.56. The van der Waals surface area contributed by atoms with Crippen LogP contribution in [0.5, 0.6) is 11.5 Å². The van der Waals surface area contributed by atoms with Crippen LogP contribution in [0.25, 0.3) is 10.9 Å². The number of rotatable bonds is 5. The number of nitrogens with zero attached hydrogens (tertiary/aromatic N) is 3. The number of aliphatic imine (C=N–C) groups is 1. The van der Waals surface area contributed by atoms with Crippen molar-refractivity contribution in [1.82, 2.24) is 9.97 Å². The number of hydrogen-bond acceptors (Lipinski definition) is 6. The minimum absolute atomic E-state index is 0.0401. The first-order valence-corrected chi connectivity index (χ1v) is 10.1. The summed E-state index contributed by atoms with van der Waals surface area (Å²) in [6.45, 7) is 4.68. The second-order valence-corrected chi connectivity index (χ2v) is 8.56. The summed E-state index contributed by atoms with van der Waals surface area (Å²) in [5.41, 5.74) is -3.98. The van der Waals surface area contributed by atoms with Crippen LogP contribution in [-0.2, 0) is 5.41 Å². The van der Waals surface area contributed by atoms with Gasteiger partial charge in [-0.1, -0.05) is 26.0 Å². The molecule has 0 aliphatic carbocycles. The number of halogens is 4. The predicted molar refractivity (Wildman–Crippen MR) is 114 cm³/mol. The van der Waals surface area contributed by atoms with Gasteiger partial charge < -0.3 is 14.6 Å². The third-order valence-electron chi connectivity index (χ3n) is 5.51. The quantitative estimate of drug-likeness (QED) is 0.417. The molecule has 0 fully saturated rings. The standard InChI is InChI=1S/C23H21F4N3O3/c1-13-28-9-15-17(7-14(24)8-18(15)30-13)29-11-22(31,23(25,26)27)10-21(2,3)16-5-4-6-19-20(16)33-12-32-19/h4-9,11,31H,10,12H2,1-3H3. The lowest BCUT2D eigenvalue weighted by Crippen LogP contribution is -2.50. The van der Waals surface area contributed by atoms with Crippen LogP contribution in [0.2, 0.25) is 0 Å². The van der Waals surface area contributed by atoms with Gasteiger partial charge in [0.2, 0.25) is 6.79 Å². The first-order chi connectivity index (χ1) is 15.4. The van der Waals surface area contributed by atoms with Crippen LogP contribution in [0.3, 0.4) is 0 Å². The largest absolute Gasteiger partial charge is 0.454 e. The van der Waals surface area contributed by atoms with Gasteiger partial charge in [-0.05, 0) is 24.8 Å². The summed E-state index contributed by atoms with van der Waals surface area (Å²) >= 11 is 0. The van der Waals surface area contributed by atoms with Gasteiger partial charge in [-0.3, -0.25) is 4.99 Å². The number of fused-ring (bicyclic) bond motifs is 2. The van der Waals surface area contributed by atoms with E-state index in [-0.39, 0.29) is 23.4 Å². The Hall–Kier alpha value is -3.27. The lowest BCUT2D eigenvalue weighted by Gasteiger charge is -2.35. The zero-order chi connectivity index (χ0) is 24.0. The predicted octanol–water partition coefficient (Wildman–Crippen LogP) is 5.17. The summed E-state index contributed by atoms with van der Waals surface area (Å²) in [6.07, 6.45) is -4.07. The van der Waals surface area contributed by atoms with Gasteiger partial charge in [0.25, 0.3) is 0 Å². The highest BCUT2D eigenvalue weighted by Gasteiger charge is 2.55. The molecule has 1 aromatic heterocycles. The molecule has 3 aromatic rings. The van der Waals surface area contributed by atoms with Crippen LogP contribution in [0, 0.1) is 12.7 Å². The molecular formula is C23H21F4N3O3. The molecule has 0 bridgehead atoms. The highest BCUT2D eigenvalue weighted by molar-refractivity contribution is 5.91. The molecule has 0 saturated heterocycles. The van der Waals surface area contributed by atoms with Crippen molar-refractivity contribution in [2.75, 3.05) is 6.79 Å². The maximum atomic E-state index is 14.1. The molecule has 0 spiro atoms. The van der Waals surface area contributed by atoms with Crippen molar-refractivity contribution in [3.63, 3.8) is 0 Å². The SMILES string of the molecule is Cc1ncc2c(N=CC(O)(CC(C)(C)c3cccc4c3OCO4)C(F)(F)F)cc(F)cc2n1. The Kier molecular flexibility index (Phi) is 5.52. The van der Waals surface area contributed by atoms with E-state index in [1.54, 1.807) is 39.0 Å². The smallest absolute Gasteiger partial charge is 0.422 e. The van der Waals surface area contributed by atoms with Crippen molar-refractivity contribution in [2.45, 2.75) is 44.4 Å². The Balaban J connectivity index is 1.74. The molecule has 1 aliphatic heterocycles. The topological polar surface area (TPSA) is 76.8 Å². The van der Waals surface area contributed by atoms with Gasteiger partial charge in [-0.15, -0.1) is 0 Å². The van der Waals surface area contributed by atoms with Gasteiger partial charge in [0, 0.05) is 35.5 Å². The van der Waals surface area contributed by atoms with Crippen LogP contribution in [0.4, 0.5) is 23.2 Å². The molecule has 10 heteroatoms. The fourth-order valence-electron chi connectivity index (χ4n) is 3.91. The van der Waals surface area contributed by atoms with Crippen LogP contribution >= 0.6 is 0 Å². The number of aryl methyl sites for hydroxylation is 1. The van der Waals surface area contributed by atoms with E-state index in [1.807, 2.05) is 0 Å². The van der Waals surface area contributed by atoms with Gasteiger partial charge in [-0.2, -0.15) is 13.2 Å². The molecule has 1 aliphatic rings. The Morgan fingerprint density at radius 3 is 2.67 bits per heavy atom. The number of aliphatic hydroxyl groups is 1. The van der Waals surface area contributed by atoms with Gasteiger partial charge in [-0.25, -0.2) is 14.4 Å². The highest BCUT2D eigenvalue weighted by atomic mass is 19.4. The van der Waals surface area contributed by atoms with E-state index in [4.69, 9.17) is 9.47 Å². The van der Waals surface area contributed by atoms with E-state index in [1.165, 1.54) is 6.20 Å². The second kappa shape index (κ2) is 7.95. The van der Waals surface area contributed by atoms with Gasteiger partial charge in [0.05, 0.1) is 11.2 Å². The first-order valence-electron chi connectivity index (χ1n) is 10.1. The summed E-state index contributed by atoms with van der Waals surface area (Å²) < 4.78 is 67.0. The van der Waals surface area contributed by atoms with Crippen molar-refractivity contribution < 1.29 is 32.1 Å². The maximum absolute atomic E-state index is 14.1. The average Bonchev–Trinajstić information content (AvgIpc) is 3.19. The number of alkyl halides is 3. The van der Waals surface area contributed by atoms with Crippen LogP contribution in [0.15, 0.2) is 41.5 Å². The molecule has 0 saturated carbocycles. The summed E-state index contributed by atoms with van der Waals surface area (Å²) in [5.74, 6) is 0.415. The van der Waals surface area contributed by atoms with Gasteiger partial charge in [0.15, 0.2) is 17.1 Å². The van der Waals surface area contributed by atoms with Crippen molar-refractivity contribution >= 4 is 22.8 Å². The van der Waals surface area contributed by atoms with Crippen LogP contribution < -0.4 is 9.47 Å². The van der Waals surface area contributed by atoms with E-state index >= 15 is 0 Å². The van der Waals surface area contributed by atoms with Crippen LogP contribution in [0.1, 0.15) is 31.7 Å². The fraction of sp³-hybridized carbons (Fsp3) is 0.348. The van der Waals surface area contributed by atoms with E-state index < -0.39 is 29.4 Å². The fourth-order valence-corrected chi connectivity index (χ4v) is 3.91. The average molecular weight is 463 g/mol. The third-order valence-corrected chi connectivity index (χ3v) is 5.51. The zero-order valence-corrected chi connectivity index (χ0v) is 18.1. The Bertz CT molecular complexity index is 1240. The van der Waals surface area contributed by atoms with E-state index in [0.717, 1.165) is 12.1 Å². The van der Waals surface area contributed by atoms with E-state index in [2.05, 4.69) is 15.0 Å². The lowest BCUT2D eigenvalue weighted by atomic mass is 9.74. The van der Waals surface area contributed by atoms with E-state index in [9.17, 15) is 22.7 Å². The Morgan fingerprint density at radius 1 is 1.18 bits per heavy atom. The molecule has 174 valence electrons. The molecule has 6 nitrogen and oxygen atoms in total. The molecule has 2 aromatic carbocycles. The molecule has 4 rings (SSSR count). The van der Waals surface area contributed by atoms with Crippen LogP contribution in [-0.4, -0.2) is 39.9 Å². The molecule has 1 N–H and O–H groups in total.